The third-order valence-corrected chi connectivity index (χ3v) is 3.62. The lowest BCUT2D eigenvalue weighted by Crippen LogP contribution is -2.37. The molecule has 0 saturated carbocycles. The molecule has 3 rings (SSSR count). The minimum atomic E-state index is -0.333. The molecule has 4 heteroatoms. The van der Waals surface area contributed by atoms with Gasteiger partial charge in [-0.1, -0.05) is 6.07 Å². The predicted octanol–water partition coefficient (Wildman–Crippen LogP) is 3.58. The molecule has 20 heavy (non-hydrogen) atoms. The summed E-state index contributed by atoms with van der Waals surface area (Å²) in [7, 11) is 0. The van der Waals surface area contributed by atoms with Gasteiger partial charge in [-0.2, -0.15) is 5.26 Å². The van der Waals surface area contributed by atoms with Crippen LogP contribution in [0.25, 0.3) is 11.3 Å². The van der Waals surface area contributed by atoms with Gasteiger partial charge >= 0.3 is 0 Å². The number of nitriles is 1. The highest BCUT2D eigenvalue weighted by Crippen LogP contribution is 2.38. The number of anilines is 1. The van der Waals surface area contributed by atoms with Crippen LogP contribution in [0.3, 0.4) is 0 Å². The minimum Gasteiger partial charge on any atom is -0.360 e. The molecule has 1 aliphatic heterocycles. The second kappa shape index (κ2) is 4.39. The third-order valence-electron chi connectivity index (χ3n) is 3.62. The molecule has 1 atom stereocenters. The zero-order valence-corrected chi connectivity index (χ0v) is 11.8. The van der Waals surface area contributed by atoms with Gasteiger partial charge in [-0.3, -0.25) is 0 Å². The lowest BCUT2D eigenvalue weighted by atomic mass is 9.92. The summed E-state index contributed by atoms with van der Waals surface area (Å²) in [6, 6.07) is 12.0. The van der Waals surface area contributed by atoms with E-state index in [1.807, 2.05) is 19.1 Å². The molecule has 1 unspecified atom stereocenters. The van der Waals surface area contributed by atoms with Gasteiger partial charge in [-0.15, -0.1) is 0 Å². The van der Waals surface area contributed by atoms with E-state index < -0.39 is 0 Å². The summed E-state index contributed by atoms with van der Waals surface area (Å²) in [5.74, 6) is 0. The number of fused-ring (bicyclic) bond motifs is 1. The van der Waals surface area contributed by atoms with E-state index in [-0.39, 0.29) is 11.8 Å². The first-order chi connectivity index (χ1) is 9.49. The normalized spacial score (nSPS) is 19.8. The van der Waals surface area contributed by atoms with Crippen LogP contribution in [0, 0.1) is 11.3 Å². The van der Waals surface area contributed by atoms with E-state index in [2.05, 4.69) is 42.4 Å². The number of aromatic nitrogens is 1. The van der Waals surface area contributed by atoms with Crippen LogP contribution in [0.4, 0.5) is 5.69 Å². The van der Waals surface area contributed by atoms with Crippen LogP contribution in [0.2, 0.25) is 0 Å². The van der Waals surface area contributed by atoms with Crippen molar-refractivity contribution in [1.82, 2.24) is 4.98 Å². The summed E-state index contributed by atoms with van der Waals surface area (Å²) in [6.45, 7) is 6.15. The van der Waals surface area contributed by atoms with Crippen molar-refractivity contribution < 1.29 is 4.74 Å². The zero-order chi connectivity index (χ0) is 14.3. The average molecular weight is 267 g/mol. The first-order valence-electron chi connectivity index (χ1n) is 6.68. The van der Waals surface area contributed by atoms with E-state index in [1.165, 1.54) is 0 Å². The number of aromatic amines is 1. The molecule has 0 aliphatic carbocycles. The van der Waals surface area contributed by atoms with Gasteiger partial charge in [0.15, 0.2) is 0 Å². The number of rotatable bonds is 1. The van der Waals surface area contributed by atoms with Crippen LogP contribution in [-0.2, 0) is 10.3 Å². The summed E-state index contributed by atoms with van der Waals surface area (Å²) in [5, 5.41) is 12.2. The van der Waals surface area contributed by atoms with Gasteiger partial charge in [0.2, 0.25) is 0 Å². The molecular formula is C16H17N3O. The topological polar surface area (TPSA) is 60.8 Å². The van der Waals surface area contributed by atoms with Crippen molar-refractivity contribution >= 4 is 5.69 Å². The fraction of sp³-hybridized carbons (Fsp3) is 0.312. The van der Waals surface area contributed by atoms with E-state index in [4.69, 9.17) is 10.00 Å². The summed E-state index contributed by atoms with van der Waals surface area (Å²) in [6.07, 6.45) is -0.000899. The van der Waals surface area contributed by atoms with Crippen LogP contribution in [0.5, 0.6) is 0 Å². The van der Waals surface area contributed by atoms with Gasteiger partial charge in [0.05, 0.1) is 5.60 Å². The fourth-order valence-electron chi connectivity index (χ4n) is 2.72. The largest absolute Gasteiger partial charge is 0.360 e. The lowest BCUT2D eigenvalue weighted by molar-refractivity contribution is -0.0632. The number of H-pyrrole nitrogens is 1. The molecule has 0 spiro atoms. The van der Waals surface area contributed by atoms with E-state index in [9.17, 15) is 0 Å². The van der Waals surface area contributed by atoms with Gasteiger partial charge in [0.1, 0.15) is 18.0 Å². The average Bonchev–Trinajstić information content (AvgIpc) is 2.86. The van der Waals surface area contributed by atoms with Crippen molar-refractivity contribution in [2.24, 2.45) is 0 Å². The molecular weight excluding hydrogens is 250 g/mol. The molecule has 4 nitrogen and oxygen atoms in total. The Bertz CT molecular complexity index is 694. The van der Waals surface area contributed by atoms with Crippen molar-refractivity contribution in [3.8, 4) is 17.3 Å². The molecule has 1 aromatic heterocycles. The van der Waals surface area contributed by atoms with Gasteiger partial charge < -0.3 is 15.0 Å². The predicted molar refractivity (Wildman–Crippen MR) is 78.1 cm³/mol. The van der Waals surface area contributed by atoms with Crippen molar-refractivity contribution in [1.29, 1.82) is 5.26 Å². The van der Waals surface area contributed by atoms with Crippen molar-refractivity contribution in [3.05, 3.63) is 41.6 Å². The van der Waals surface area contributed by atoms with Crippen LogP contribution in [-0.4, -0.2) is 11.2 Å². The minimum absolute atomic E-state index is 0.000899. The smallest absolute Gasteiger partial charge is 0.126 e. The zero-order valence-electron chi connectivity index (χ0n) is 11.8. The molecule has 0 bridgehead atoms. The van der Waals surface area contributed by atoms with Crippen LogP contribution in [0.1, 0.15) is 32.0 Å². The highest BCUT2D eigenvalue weighted by Gasteiger charge is 2.31. The maximum Gasteiger partial charge on any atom is 0.126 e. The van der Waals surface area contributed by atoms with E-state index in [0.717, 1.165) is 22.5 Å². The summed E-state index contributed by atoms with van der Waals surface area (Å²) in [4.78, 5) is 3.10. The molecule has 0 radical (unpaired) electrons. The first kappa shape index (κ1) is 12.8. The molecule has 102 valence electrons. The summed E-state index contributed by atoms with van der Waals surface area (Å²) in [5.41, 5.74) is 4.46. The van der Waals surface area contributed by atoms with Crippen LogP contribution < -0.4 is 5.32 Å². The van der Waals surface area contributed by atoms with Crippen molar-refractivity contribution in [2.45, 2.75) is 32.6 Å². The Labute approximate surface area is 118 Å². The van der Waals surface area contributed by atoms with Gasteiger partial charge in [-0.05, 0) is 50.6 Å². The van der Waals surface area contributed by atoms with E-state index in [0.29, 0.717) is 5.69 Å². The van der Waals surface area contributed by atoms with Crippen molar-refractivity contribution in [2.75, 3.05) is 5.32 Å². The Kier molecular flexibility index (Phi) is 2.81. The second-order valence-electron chi connectivity index (χ2n) is 5.57. The molecule has 0 amide bonds. The Morgan fingerprint density at radius 3 is 2.75 bits per heavy atom. The SMILES string of the molecule is CC1Nc2ccc(-c3ccc(C#N)[nH]3)cc2C(C)(C)O1. The molecule has 2 aromatic rings. The molecule has 2 heterocycles. The summed E-state index contributed by atoms with van der Waals surface area (Å²) < 4.78 is 5.94. The molecule has 0 fully saturated rings. The van der Waals surface area contributed by atoms with Crippen molar-refractivity contribution in [3.63, 3.8) is 0 Å². The number of benzene rings is 1. The highest BCUT2D eigenvalue weighted by atomic mass is 16.5. The van der Waals surface area contributed by atoms with Gasteiger partial charge in [0, 0.05) is 16.9 Å². The quantitative estimate of drug-likeness (QED) is 0.830. The molecule has 1 aliphatic rings. The van der Waals surface area contributed by atoms with E-state index in [1.54, 1.807) is 6.07 Å². The van der Waals surface area contributed by atoms with Gasteiger partial charge in [-0.25, -0.2) is 0 Å². The maximum absolute atomic E-state index is 8.89. The Morgan fingerprint density at radius 1 is 1.25 bits per heavy atom. The number of nitrogens with zero attached hydrogens (tertiary/aromatic N) is 1. The highest BCUT2D eigenvalue weighted by molar-refractivity contribution is 5.68. The van der Waals surface area contributed by atoms with E-state index >= 15 is 0 Å². The van der Waals surface area contributed by atoms with Gasteiger partial charge in [0.25, 0.3) is 0 Å². The standard InChI is InChI=1S/C16H17N3O/c1-10-18-15-6-4-11(8-13(15)16(2,3)20-10)14-7-5-12(9-17)19-14/h4-8,10,18-19H,1-3H3. The fourth-order valence-corrected chi connectivity index (χ4v) is 2.72. The number of ether oxygens (including phenoxy) is 1. The second-order valence-corrected chi connectivity index (χ2v) is 5.57. The summed E-state index contributed by atoms with van der Waals surface area (Å²) >= 11 is 0. The molecule has 2 N–H and O–H groups in total. The van der Waals surface area contributed by atoms with Crippen LogP contribution >= 0.6 is 0 Å². The Morgan fingerprint density at radius 2 is 2.05 bits per heavy atom. The maximum atomic E-state index is 8.89. The lowest BCUT2D eigenvalue weighted by Gasteiger charge is -2.37. The third kappa shape index (κ3) is 2.06. The molecule has 0 saturated heterocycles. The van der Waals surface area contributed by atoms with Crippen LogP contribution in [0.15, 0.2) is 30.3 Å². The number of nitrogens with one attached hydrogen (secondary N) is 2. The number of hydrogen-bond acceptors (Lipinski definition) is 3. The number of hydrogen-bond donors (Lipinski definition) is 2. The Balaban J connectivity index is 2.07. The monoisotopic (exact) mass is 267 g/mol. The molecule has 1 aromatic carbocycles. The Hall–Kier alpha value is -2.25. The first-order valence-corrected chi connectivity index (χ1v) is 6.68.